The lowest BCUT2D eigenvalue weighted by Gasteiger charge is -2.27. The van der Waals surface area contributed by atoms with Crippen molar-refractivity contribution >= 4 is 19.7 Å². The largest absolute Gasteiger partial charge is 0.472 e. The minimum absolute atomic E-state index is 0.0401. The van der Waals surface area contributed by atoms with Crippen molar-refractivity contribution in [3.63, 3.8) is 0 Å². The number of carbonyl (C=O) groups excluding carboxylic acids is 2. The molecule has 0 rings (SSSR count). The third-order valence-corrected chi connectivity index (χ3v) is 17.4. The topological polar surface area (TPSA) is 111 Å². The number of allylic oxidation sites excluding steroid dienone is 11. The van der Waals surface area contributed by atoms with E-state index in [4.69, 9.17) is 13.8 Å². The van der Waals surface area contributed by atoms with Crippen LogP contribution in [-0.2, 0) is 27.9 Å². The number of phosphoric ester groups is 1. The average molecular weight is 1230 g/mol. The third kappa shape index (κ3) is 65.9. The average Bonchev–Trinajstić information content (AvgIpc) is 3.65. The highest BCUT2D eigenvalue weighted by atomic mass is 31.2. The van der Waals surface area contributed by atoms with Gasteiger partial charge in [-0.1, -0.05) is 332 Å². The molecule has 3 atom stereocenters. The Labute approximate surface area is 533 Å². The lowest BCUT2D eigenvalue weighted by Crippen LogP contribution is -2.47. The van der Waals surface area contributed by atoms with Gasteiger partial charge in [0.15, 0.2) is 0 Å². The van der Waals surface area contributed by atoms with Crippen LogP contribution in [0.3, 0.4) is 0 Å². The zero-order chi connectivity index (χ0) is 62.8. The number of esters is 1. The van der Waals surface area contributed by atoms with Gasteiger partial charge >= 0.3 is 13.8 Å². The summed E-state index contributed by atoms with van der Waals surface area (Å²) in [5, 5.41) is 3.08. The molecule has 0 aliphatic rings. The number of rotatable bonds is 67. The molecule has 86 heavy (non-hydrogen) atoms. The van der Waals surface area contributed by atoms with Crippen LogP contribution in [0.1, 0.15) is 348 Å². The monoisotopic (exact) mass is 1230 g/mol. The van der Waals surface area contributed by atoms with Crippen LogP contribution >= 0.6 is 7.82 Å². The van der Waals surface area contributed by atoms with Crippen LogP contribution in [0.4, 0.5) is 0 Å². The molecule has 3 unspecified atom stereocenters. The molecular weight excluding hydrogens is 1080 g/mol. The van der Waals surface area contributed by atoms with Crippen molar-refractivity contribution in [3.8, 4) is 0 Å². The van der Waals surface area contributed by atoms with E-state index in [9.17, 15) is 19.0 Å². The van der Waals surface area contributed by atoms with Gasteiger partial charge in [-0.05, 0) is 76.7 Å². The van der Waals surface area contributed by atoms with Crippen molar-refractivity contribution < 1.29 is 37.3 Å². The predicted molar refractivity (Wildman–Crippen MR) is 374 cm³/mol. The molecule has 9 nitrogen and oxygen atoms in total. The number of likely N-dealkylation sites (N-methyl/N-ethyl adjacent to an activating group) is 1. The molecule has 0 aliphatic heterocycles. The van der Waals surface area contributed by atoms with E-state index in [1.165, 1.54) is 225 Å². The van der Waals surface area contributed by atoms with Gasteiger partial charge in [-0.15, -0.1) is 0 Å². The van der Waals surface area contributed by atoms with E-state index in [1.54, 1.807) is 0 Å². The van der Waals surface area contributed by atoms with Crippen LogP contribution in [0.25, 0.3) is 0 Å². The summed E-state index contributed by atoms with van der Waals surface area (Å²) in [5.74, 6) is -0.494. The van der Waals surface area contributed by atoms with Crippen LogP contribution in [0, 0.1) is 0 Å². The Kier molecular flexibility index (Phi) is 63.5. The fourth-order valence-electron chi connectivity index (χ4n) is 10.8. The number of nitrogens with zero attached hydrogens (tertiary/aromatic N) is 1. The maximum Gasteiger partial charge on any atom is 0.472 e. The van der Waals surface area contributed by atoms with E-state index in [2.05, 4.69) is 86.8 Å². The molecule has 0 aromatic rings. The molecule has 0 aromatic heterocycles. The molecular formula is C76H142N2O7P+. The number of hydrogen-bond acceptors (Lipinski definition) is 6. The highest BCUT2D eigenvalue weighted by molar-refractivity contribution is 7.47. The van der Waals surface area contributed by atoms with Gasteiger partial charge in [-0.3, -0.25) is 18.6 Å². The minimum atomic E-state index is -4.46. The van der Waals surface area contributed by atoms with Crippen LogP contribution in [-0.4, -0.2) is 74.3 Å². The fourth-order valence-corrected chi connectivity index (χ4v) is 11.5. The second-order valence-corrected chi connectivity index (χ2v) is 27.5. The molecule has 0 bridgehead atoms. The van der Waals surface area contributed by atoms with Gasteiger partial charge in [-0.2, -0.15) is 0 Å². The number of hydrogen-bond donors (Lipinski definition) is 2. The SMILES string of the molecule is CC/C=C\C/C=C\C/C=C\C/C=C\C/C=C\CCCCCCCCCCCCCC(=O)OC(/C=C/CCCCCCCCCCCC)C(COP(=O)(O)OCC[N+](C)(C)C)NC(=O)CCCCCCCCCCCCCCCCCCCCCCC. The highest BCUT2D eigenvalue weighted by Gasteiger charge is 2.30. The predicted octanol–water partition coefficient (Wildman–Crippen LogP) is 23.5. The summed E-state index contributed by atoms with van der Waals surface area (Å²) in [4.78, 5) is 37.9. The van der Waals surface area contributed by atoms with E-state index in [0.717, 1.165) is 89.9 Å². The van der Waals surface area contributed by atoms with E-state index >= 15 is 0 Å². The van der Waals surface area contributed by atoms with E-state index in [0.29, 0.717) is 17.4 Å². The smallest absolute Gasteiger partial charge is 0.456 e. The zero-order valence-corrected chi connectivity index (χ0v) is 58.5. The van der Waals surface area contributed by atoms with Crippen molar-refractivity contribution in [2.24, 2.45) is 0 Å². The molecule has 0 heterocycles. The molecule has 0 aliphatic carbocycles. The molecule has 0 saturated heterocycles. The summed E-state index contributed by atoms with van der Waals surface area (Å²) in [7, 11) is 1.50. The Morgan fingerprint density at radius 2 is 0.744 bits per heavy atom. The van der Waals surface area contributed by atoms with E-state index in [1.807, 2.05) is 33.3 Å². The standard InChI is InChI=1S/C76H141N2O7P/c1-7-10-13-16-19-22-25-28-30-32-34-36-37-38-39-40-41-43-45-47-49-51-54-57-60-63-66-69-76(80)85-74(67-64-61-58-55-52-27-24-21-18-15-12-9-3)73(72-84-86(81,82)83-71-70-78(4,5)6)77-75(79)68-65-62-59-56-53-50-48-46-44-42-35-33-31-29-26-23-20-17-14-11-8-2/h10,13,19,22,28,30,34,36,38-39,64,67,73-74H,7-9,11-12,14-18,20-21,23-27,29,31-33,35,37,40-63,65-66,68-72H2,1-6H3,(H-,77,79,81,82)/p+1/b13-10-,22-19-,30-28-,36-34-,39-38-,67-64+. The fraction of sp³-hybridized carbons (Fsp3) is 0.816. The lowest BCUT2D eigenvalue weighted by atomic mass is 10.0. The zero-order valence-electron chi connectivity index (χ0n) is 57.6. The first-order valence-corrected chi connectivity index (χ1v) is 38.3. The molecule has 0 spiro atoms. The summed E-state index contributed by atoms with van der Waals surface area (Å²) < 4.78 is 30.9. The van der Waals surface area contributed by atoms with Gasteiger partial charge in [0, 0.05) is 12.8 Å². The Morgan fingerprint density at radius 1 is 0.419 bits per heavy atom. The number of nitrogens with one attached hydrogen (secondary N) is 1. The second kappa shape index (κ2) is 65.4. The number of amides is 1. The molecule has 0 aromatic carbocycles. The third-order valence-electron chi connectivity index (χ3n) is 16.4. The molecule has 2 N–H and O–H groups in total. The summed E-state index contributed by atoms with van der Waals surface area (Å²) in [6.45, 7) is 6.95. The normalized spacial score (nSPS) is 13.9. The van der Waals surface area contributed by atoms with Gasteiger partial charge in [0.2, 0.25) is 5.91 Å². The van der Waals surface area contributed by atoms with Crippen molar-refractivity contribution in [3.05, 3.63) is 72.9 Å². The highest BCUT2D eigenvalue weighted by Crippen LogP contribution is 2.43. The maximum atomic E-state index is 13.6. The summed E-state index contributed by atoms with van der Waals surface area (Å²) in [6.07, 6.45) is 86.3. The Hall–Kier alpha value is -2.55. The van der Waals surface area contributed by atoms with Gasteiger partial charge in [-0.25, -0.2) is 4.57 Å². The number of carbonyl (C=O) groups is 2. The molecule has 0 saturated carbocycles. The quantitative estimate of drug-likeness (QED) is 0.0205. The molecule has 0 radical (unpaired) electrons. The number of quaternary nitrogens is 1. The van der Waals surface area contributed by atoms with E-state index < -0.39 is 20.0 Å². The Morgan fingerprint density at radius 3 is 1.12 bits per heavy atom. The number of unbranched alkanes of at least 4 members (excludes halogenated alkanes) is 41. The maximum absolute atomic E-state index is 13.6. The first-order valence-electron chi connectivity index (χ1n) is 36.8. The Balaban J connectivity index is 5.01. The van der Waals surface area contributed by atoms with E-state index in [-0.39, 0.29) is 31.5 Å². The van der Waals surface area contributed by atoms with Crippen molar-refractivity contribution in [1.82, 2.24) is 5.32 Å². The van der Waals surface area contributed by atoms with Gasteiger partial charge < -0.3 is 19.4 Å². The molecule has 0 fully saturated rings. The van der Waals surface area contributed by atoms with Crippen molar-refractivity contribution in [2.75, 3.05) is 40.9 Å². The first-order chi connectivity index (χ1) is 41.9. The number of ether oxygens (including phenoxy) is 1. The van der Waals surface area contributed by atoms with Gasteiger partial charge in [0.25, 0.3) is 0 Å². The Bertz CT molecular complexity index is 1700. The first kappa shape index (κ1) is 83.5. The molecule has 10 heteroatoms. The minimum Gasteiger partial charge on any atom is -0.456 e. The van der Waals surface area contributed by atoms with Crippen molar-refractivity contribution in [1.29, 1.82) is 0 Å². The molecule has 502 valence electrons. The van der Waals surface area contributed by atoms with Gasteiger partial charge in [0.1, 0.15) is 19.3 Å². The second-order valence-electron chi connectivity index (χ2n) is 26.1. The summed E-state index contributed by atoms with van der Waals surface area (Å²) in [5.41, 5.74) is 0. The lowest BCUT2D eigenvalue weighted by molar-refractivity contribution is -0.870. The summed E-state index contributed by atoms with van der Waals surface area (Å²) >= 11 is 0. The van der Waals surface area contributed by atoms with Gasteiger partial charge in [0.05, 0.1) is 33.8 Å². The van der Waals surface area contributed by atoms with Crippen LogP contribution in [0.2, 0.25) is 0 Å². The number of phosphoric acid groups is 1. The van der Waals surface area contributed by atoms with Crippen LogP contribution < -0.4 is 5.32 Å². The van der Waals surface area contributed by atoms with Crippen LogP contribution in [0.5, 0.6) is 0 Å². The van der Waals surface area contributed by atoms with Crippen LogP contribution in [0.15, 0.2) is 72.9 Å². The summed E-state index contributed by atoms with van der Waals surface area (Å²) in [6, 6.07) is -0.850. The van der Waals surface area contributed by atoms with Crippen molar-refractivity contribution in [2.45, 2.75) is 360 Å². The molecule has 1 amide bonds.